The number of hydrogen-bond donors (Lipinski definition) is 3. The smallest absolute Gasteiger partial charge is 0.191 e. The van der Waals surface area contributed by atoms with Crippen molar-refractivity contribution in [2.24, 2.45) is 4.99 Å². The summed E-state index contributed by atoms with van der Waals surface area (Å²) in [5.41, 5.74) is 3.40. The van der Waals surface area contributed by atoms with Crippen molar-refractivity contribution in [3.8, 4) is 5.75 Å². The van der Waals surface area contributed by atoms with Crippen molar-refractivity contribution < 1.29 is 9.84 Å². The summed E-state index contributed by atoms with van der Waals surface area (Å²) in [6.07, 6.45) is 0. The van der Waals surface area contributed by atoms with Crippen LogP contribution in [0.2, 0.25) is 0 Å². The van der Waals surface area contributed by atoms with Crippen molar-refractivity contribution in [1.82, 2.24) is 10.6 Å². The lowest BCUT2D eigenvalue weighted by Crippen LogP contribution is -2.39. The minimum absolute atomic E-state index is 0. The van der Waals surface area contributed by atoms with Crippen molar-refractivity contribution in [2.45, 2.75) is 26.3 Å². The van der Waals surface area contributed by atoms with Gasteiger partial charge in [-0.1, -0.05) is 42.5 Å². The molecule has 1 atom stereocenters. The molecule has 0 saturated heterocycles. The Morgan fingerprint density at radius 2 is 1.89 bits per heavy atom. The molecule has 0 bridgehead atoms. The van der Waals surface area contributed by atoms with Gasteiger partial charge in [-0.3, -0.25) is 4.99 Å². The number of nitrogens with one attached hydrogen (secondary N) is 2. The van der Waals surface area contributed by atoms with Crippen molar-refractivity contribution in [3.63, 3.8) is 0 Å². The number of ether oxygens (including phenoxy) is 1. The summed E-state index contributed by atoms with van der Waals surface area (Å²) >= 11 is 0. The molecule has 5 nitrogen and oxygen atoms in total. The lowest BCUT2D eigenvalue weighted by Gasteiger charge is -2.18. The number of rotatable bonds is 8. The first-order valence-electron chi connectivity index (χ1n) is 9.00. The highest BCUT2D eigenvalue weighted by Gasteiger charge is 2.11. The third kappa shape index (κ3) is 7.38. The Labute approximate surface area is 179 Å². The van der Waals surface area contributed by atoms with Crippen LogP contribution in [0.1, 0.15) is 29.5 Å². The van der Waals surface area contributed by atoms with Gasteiger partial charge in [0, 0.05) is 26.1 Å². The highest BCUT2D eigenvalue weighted by molar-refractivity contribution is 14.0. The topological polar surface area (TPSA) is 65.9 Å². The molecule has 2 aromatic rings. The maximum Gasteiger partial charge on any atom is 0.191 e. The van der Waals surface area contributed by atoms with Crippen LogP contribution in [0.5, 0.6) is 5.75 Å². The molecule has 2 rings (SSSR count). The minimum Gasteiger partial charge on any atom is -0.494 e. The maximum absolute atomic E-state index is 9.66. The molecule has 0 heterocycles. The van der Waals surface area contributed by atoms with Crippen LogP contribution >= 0.6 is 24.0 Å². The van der Waals surface area contributed by atoms with E-state index in [9.17, 15) is 5.11 Å². The molecule has 3 N–H and O–H groups in total. The summed E-state index contributed by atoms with van der Waals surface area (Å²) in [5.74, 6) is 1.67. The molecule has 0 aliphatic heterocycles. The molecular formula is C21H30IN3O2. The standard InChI is InChI=1S/C21H29N3O2.HI/c1-4-26-20-11-10-17(12-16(20)2)13-23-21(22-3)24-14-19(15-25)18-8-6-5-7-9-18;/h5-12,19,25H,4,13-15H2,1-3H3,(H2,22,23,24);1H. The molecule has 6 heteroatoms. The normalized spacial score (nSPS) is 12.1. The summed E-state index contributed by atoms with van der Waals surface area (Å²) in [6, 6.07) is 16.2. The number of aliphatic imine (C=N–C) groups is 1. The van der Waals surface area contributed by atoms with Gasteiger partial charge >= 0.3 is 0 Å². The summed E-state index contributed by atoms with van der Waals surface area (Å²) in [6.45, 7) is 6.08. The monoisotopic (exact) mass is 483 g/mol. The Morgan fingerprint density at radius 3 is 2.48 bits per heavy atom. The first-order valence-corrected chi connectivity index (χ1v) is 9.00. The fourth-order valence-electron chi connectivity index (χ4n) is 2.78. The van der Waals surface area contributed by atoms with Gasteiger partial charge in [0.1, 0.15) is 5.75 Å². The first-order chi connectivity index (χ1) is 12.7. The number of benzene rings is 2. The Bertz CT molecular complexity index is 708. The van der Waals surface area contributed by atoms with E-state index >= 15 is 0 Å². The number of aryl methyl sites for hydroxylation is 1. The van der Waals surface area contributed by atoms with Crippen LogP contribution in [0.25, 0.3) is 0 Å². The maximum atomic E-state index is 9.66. The van der Waals surface area contributed by atoms with Gasteiger partial charge in [0.15, 0.2) is 5.96 Å². The van der Waals surface area contributed by atoms with E-state index in [1.54, 1.807) is 7.05 Å². The molecule has 0 fully saturated rings. The van der Waals surface area contributed by atoms with Gasteiger partial charge in [-0.25, -0.2) is 0 Å². The molecule has 0 aromatic heterocycles. The molecule has 0 radical (unpaired) electrons. The number of aliphatic hydroxyl groups excluding tert-OH is 1. The molecule has 1 unspecified atom stereocenters. The van der Waals surface area contributed by atoms with Crippen LogP contribution in [0, 0.1) is 6.92 Å². The SMILES string of the molecule is CCOc1ccc(CNC(=NC)NCC(CO)c2ccccc2)cc1C.I. The molecule has 0 saturated carbocycles. The Hall–Kier alpha value is -1.80. The van der Waals surface area contributed by atoms with Crippen LogP contribution in [0.4, 0.5) is 0 Å². The van der Waals surface area contributed by atoms with Gasteiger partial charge in [-0.15, -0.1) is 24.0 Å². The highest BCUT2D eigenvalue weighted by atomic mass is 127. The van der Waals surface area contributed by atoms with Crippen LogP contribution in [-0.2, 0) is 6.54 Å². The van der Waals surface area contributed by atoms with Crippen molar-refractivity contribution in [3.05, 3.63) is 65.2 Å². The van der Waals surface area contributed by atoms with E-state index in [0.29, 0.717) is 25.7 Å². The lowest BCUT2D eigenvalue weighted by molar-refractivity contribution is 0.265. The molecule has 0 aliphatic rings. The predicted molar refractivity (Wildman–Crippen MR) is 122 cm³/mol. The van der Waals surface area contributed by atoms with Gasteiger partial charge in [0.2, 0.25) is 0 Å². The predicted octanol–water partition coefficient (Wildman–Crippen LogP) is 3.45. The highest BCUT2D eigenvalue weighted by Crippen LogP contribution is 2.19. The first kappa shape index (κ1) is 23.2. The third-order valence-corrected chi connectivity index (χ3v) is 4.23. The largest absolute Gasteiger partial charge is 0.494 e. The van der Waals surface area contributed by atoms with Crippen LogP contribution < -0.4 is 15.4 Å². The van der Waals surface area contributed by atoms with Gasteiger partial charge in [0.25, 0.3) is 0 Å². The fourth-order valence-corrected chi connectivity index (χ4v) is 2.78. The molecular weight excluding hydrogens is 453 g/mol. The Kier molecular flexibility index (Phi) is 10.8. The van der Waals surface area contributed by atoms with E-state index in [4.69, 9.17) is 4.74 Å². The fraction of sp³-hybridized carbons (Fsp3) is 0.381. The van der Waals surface area contributed by atoms with E-state index < -0.39 is 0 Å². The summed E-state index contributed by atoms with van der Waals surface area (Å²) < 4.78 is 5.58. The Morgan fingerprint density at radius 1 is 1.15 bits per heavy atom. The zero-order valence-corrected chi connectivity index (χ0v) is 18.6. The van der Waals surface area contributed by atoms with Crippen LogP contribution in [0.15, 0.2) is 53.5 Å². The molecule has 2 aromatic carbocycles. The van der Waals surface area contributed by atoms with Gasteiger partial charge in [0.05, 0.1) is 13.2 Å². The van der Waals surface area contributed by atoms with Crippen LogP contribution in [0.3, 0.4) is 0 Å². The van der Waals surface area contributed by atoms with Crippen molar-refractivity contribution >= 4 is 29.9 Å². The second-order valence-corrected chi connectivity index (χ2v) is 6.13. The molecule has 0 aliphatic carbocycles. The molecule has 148 valence electrons. The zero-order valence-electron chi connectivity index (χ0n) is 16.2. The third-order valence-electron chi connectivity index (χ3n) is 4.23. The van der Waals surface area contributed by atoms with Crippen LogP contribution in [-0.4, -0.2) is 37.9 Å². The Balaban J connectivity index is 0.00000364. The molecule has 27 heavy (non-hydrogen) atoms. The zero-order chi connectivity index (χ0) is 18.8. The summed E-state index contributed by atoms with van der Waals surface area (Å²) in [5, 5.41) is 16.3. The summed E-state index contributed by atoms with van der Waals surface area (Å²) in [4.78, 5) is 4.26. The quantitative estimate of drug-likeness (QED) is 0.306. The second-order valence-electron chi connectivity index (χ2n) is 6.13. The lowest BCUT2D eigenvalue weighted by atomic mass is 10.0. The number of nitrogens with zero attached hydrogens (tertiary/aromatic N) is 1. The van der Waals surface area contributed by atoms with Gasteiger partial charge in [-0.2, -0.15) is 0 Å². The minimum atomic E-state index is 0. The average molecular weight is 483 g/mol. The van der Waals surface area contributed by atoms with E-state index in [2.05, 4.69) is 27.8 Å². The number of guanidine groups is 1. The van der Waals surface area contributed by atoms with Gasteiger partial charge in [-0.05, 0) is 36.6 Å². The number of halogens is 1. The number of aliphatic hydroxyl groups is 1. The van der Waals surface area contributed by atoms with E-state index in [0.717, 1.165) is 22.4 Å². The van der Waals surface area contributed by atoms with E-state index in [-0.39, 0.29) is 36.5 Å². The van der Waals surface area contributed by atoms with E-state index in [1.807, 2.05) is 50.2 Å². The van der Waals surface area contributed by atoms with Crippen molar-refractivity contribution in [1.29, 1.82) is 0 Å². The summed E-state index contributed by atoms with van der Waals surface area (Å²) in [7, 11) is 1.75. The average Bonchev–Trinajstić information content (AvgIpc) is 2.67. The molecule has 0 amide bonds. The number of hydrogen-bond acceptors (Lipinski definition) is 3. The molecule has 0 spiro atoms. The van der Waals surface area contributed by atoms with Gasteiger partial charge < -0.3 is 20.5 Å². The van der Waals surface area contributed by atoms with Crippen molar-refractivity contribution in [2.75, 3.05) is 26.8 Å². The van der Waals surface area contributed by atoms with E-state index in [1.165, 1.54) is 0 Å². The second kappa shape index (κ2) is 12.6.